The first-order chi connectivity index (χ1) is 6.84. The van der Waals surface area contributed by atoms with E-state index in [9.17, 15) is 5.11 Å². The van der Waals surface area contributed by atoms with Crippen LogP contribution in [0.25, 0.3) is 0 Å². The minimum atomic E-state index is -0.353. The molecule has 2 aliphatic carbocycles. The Bertz CT molecular complexity index is 257. The van der Waals surface area contributed by atoms with Crippen LogP contribution in [-0.2, 0) is 9.47 Å². The van der Waals surface area contributed by atoms with E-state index in [-0.39, 0.29) is 12.4 Å². The van der Waals surface area contributed by atoms with E-state index in [0.717, 1.165) is 11.8 Å². The van der Waals surface area contributed by atoms with Crippen LogP contribution in [0, 0.1) is 23.7 Å². The highest BCUT2D eigenvalue weighted by Crippen LogP contribution is 2.58. The molecule has 2 saturated heterocycles. The minimum Gasteiger partial charge on any atom is -0.388 e. The first-order valence-electron chi connectivity index (χ1n) is 5.80. The van der Waals surface area contributed by atoms with Crippen molar-refractivity contribution in [3.05, 3.63) is 0 Å². The zero-order valence-corrected chi connectivity index (χ0v) is 8.13. The molecule has 0 amide bonds. The highest BCUT2D eigenvalue weighted by molar-refractivity contribution is 5.06. The number of aliphatic hydroxyl groups excluding tert-OH is 1. The molecule has 78 valence electrons. The van der Waals surface area contributed by atoms with Gasteiger partial charge in [0.25, 0.3) is 0 Å². The predicted molar refractivity (Wildman–Crippen MR) is 48.4 cm³/mol. The average Bonchev–Trinajstić information content (AvgIpc) is 2.89. The molecule has 2 saturated carbocycles. The molecule has 0 unspecified atom stereocenters. The van der Waals surface area contributed by atoms with E-state index in [1.807, 2.05) is 0 Å². The number of fused-ring (bicyclic) bond motifs is 8. The lowest BCUT2D eigenvalue weighted by molar-refractivity contribution is -0.202. The molecule has 0 aromatic carbocycles. The molecule has 3 nitrogen and oxygen atoms in total. The standard InChI is InChI=1S/C11H16O3/c12-10-9-6-2-1-5(3-6)8(9)7-4-13-11(10)14-7/h5-12H,1-4H2/t5-,6+,7+,8+,9+,10+,11+/m0/s1. The number of hydrogen-bond donors (Lipinski definition) is 1. The summed E-state index contributed by atoms with van der Waals surface area (Å²) in [6, 6.07) is 0. The lowest BCUT2D eigenvalue weighted by atomic mass is 9.72. The number of rotatable bonds is 0. The van der Waals surface area contributed by atoms with Crippen LogP contribution in [0.3, 0.4) is 0 Å². The topological polar surface area (TPSA) is 38.7 Å². The van der Waals surface area contributed by atoms with Crippen molar-refractivity contribution in [3.8, 4) is 0 Å². The van der Waals surface area contributed by atoms with Crippen molar-refractivity contribution in [1.82, 2.24) is 0 Å². The summed E-state index contributed by atoms with van der Waals surface area (Å²) in [5.74, 6) is 2.66. The lowest BCUT2D eigenvalue weighted by Crippen LogP contribution is -2.49. The molecule has 4 bridgehead atoms. The number of hydrogen-bond acceptors (Lipinski definition) is 3. The Morgan fingerprint density at radius 1 is 1.07 bits per heavy atom. The Kier molecular flexibility index (Phi) is 1.45. The second-order valence-corrected chi connectivity index (χ2v) is 5.35. The summed E-state index contributed by atoms with van der Waals surface area (Å²) in [7, 11) is 0. The van der Waals surface area contributed by atoms with E-state index < -0.39 is 0 Å². The Labute approximate surface area is 83.4 Å². The molecule has 4 rings (SSSR count). The Morgan fingerprint density at radius 2 is 1.86 bits per heavy atom. The monoisotopic (exact) mass is 196 g/mol. The average molecular weight is 196 g/mol. The number of ether oxygens (including phenoxy) is 2. The summed E-state index contributed by atoms with van der Waals surface area (Å²) in [6.07, 6.45) is 3.64. The van der Waals surface area contributed by atoms with Crippen molar-refractivity contribution in [1.29, 1.82) is 0 Å². The molecular weight excluding hydrogens is 180 g/mol. The number of aliphatic hydroxyl groups is 1. The molecule has 0 radical (unpaired) electrons. The third kappa shape index (κ3) is 0.802. The highest BCUT2D eigenvalue weighted by atomic mass is 16.7. The smallest absolute Gasteiger partial charge is 0.184 e. The van der Waals surface area contributed by atoms with Gasteiger partial charge in [0.05, 0.1) is 12.7 Å². The molecular formula is C11H16O3. The van der Waals surface area contributed by atoms with Crippen LogP contribution < -0.4 is 0 Å². The van der Waals surface area contributed by atoms with Crippen molar-refractivity contribution in [2.75, 3.05) is 6.61 Å². The molecule has 2 aliphatic heterocycles. The molecule has 7 atom stereocenters. The fraction of sp³-hybridized carbons (Fsp3) is 1.00. The summed E-state index contributed by atoms with van der Waals surface area (Å²) < 4.78 is 11.2. The third-order valence-corrected chi connectivity index (χ3v) is 4.88. The highest BCUT2D eigenvalue weighted by Gasteiger charge is 2.60. The zero-order valence-electron chi connectivity index (χ0n) is 8.13. The van der Waals surface area contributed by atoms with Gasteiger partial charge in [-0.1, -0.05) is 0 Å². The fourth-order valence-electron chi connectivity index (χ4n) is 4.44. The molecule has 0 aromatic rings. The Balaban J connectivity index is 1.74. The van der Waals surface area contributed by atoms with Gasteiger partial charge in [-0.3, -0.25) is 0 Å². The van der Waals surface area contributed by atoms with Gasteiger partial charge in [-0.25, -0.2) is 0 Å². The van der Waals surface area contributed by atoms with Crippen LogP contribution in [0.5, 0.6) is 0 Å². The van der Waals surface area contributed by atoms with Crippen LogP contribution in [0.15, 0.2) is 0 Å². The van der Waals surface area contributed by atoms with E-state index in [0.29, 0.717) is 24.5 Å². The Hall–Kier alpha value is -0.120. The molecule has 4 fully saturated rings. The fourth-order valence-corrected chi connectivity index (χ4v) is 4.44. The molecule has 0 aromatic heterocycles. The first kappa shape index (κ1) is 8.08. The molecule has 14 heavy (non-hydrogen) atoms. The van der Waals surface area contributed by atoms with Crippen LogP contribution in [0.2, 0.25) is 0 Å². The van der Waals surface area contributed by atoms with E-state index in [2.05, 4.69) is 0 Å². The molecule has 0 spiro atoms. The normalized spacial score (nSPS) is 64.5. The quantitative estimate of drug-likeness (QED) is 0.622. The SMILES string of the molecule is O[C@H]1[C@@H]2OC[C@@H](O2)[C@H]2[C@H]3CC[C@H](C3)[C@@H]12. The maximum absolute atomic E-state index is 10.1. The third-order valence-electron chi connectivity index (χ3n) is 4.88. The summed E-state index contributed by atoms with van der Waals surface area (Å²) in [4.78, 5) is 0. The second kappa shape index (κ2) is 2.52. The summed E-state index contributed by atoms with van der Waals surface area (Å²) >= 11 is 0. The van der Waals surface area contributed by atoms with Gasteiger partial charge in [0.1, 0.15) is 6.10 Å². The van der Waals surface area contributed by atoms with E-state index >= 15 is 0 Å². The van der Waals surface area contributed by atoms with E-state index in [1.165, 1.54) is 19.3 Å². The van der Waals surface area contributed by atoms with Crippen molar-refractivity contribution in [3.63, 3.8) is 0 Å². The maximum atomic E-state index is 10.1. The molecule has 3 heteroatoms. The zero-order chi connectivity index (χ0) is 9.28. The summed E-state index contributed by atoms with van der Waals surface area (Å²) in [6.45, 7) is 0.714. The van der Waals surface area contributed by atoms with Gasteiger partial charge in [0.2, 0.25) is 0 Å². The van der Waals surface area contributed by atoms with Crippen molar-refractivity contribution in [2.45, 2.75) is 37.8 Å². The van der Waals surface area contributed by atoms with Crippen molar-refractivity contribution < 1.29 is 14.6 Å². The van der Waals surface area contributed by atoms with Crippen molar-refractivity contribution >= 4 is 0 Å². The summed E-state index contributed by atoms with van der Waals surface area (Å²) in [5, 5.41) is 10.1. The lowest BCUT2D eigenvalue weighted by Gasteiger charge is -2.41. The molecule has 4 aliphatic rings. The van der Waals surface area contributed by atoms with Gasteiger partial charge < -0.3 is 14.6 Å². The van der Waals surface area contributed by atoms with Gasteiger partial charge in [-0.05, 0) is 42.9 Å². The van der Waals surface area contributed by atoms with Crippen molar-refractivity contribution in [2.24, 2.45) is 23.7 Å². The van der Waals surface area contributed by atoms with Crippen LogP contribution in [0.1, 0.15) is 19.3 Å². The maximum Gasteiger partial charge on any atom is 0.184 e. The predicted octanol–water partition coefficient (Wildman–Crippen LogP) is 0.765. The largest absolute Gasteiger partial charge is 0.388 e. The van der Waals surface area contributed by atoms with Gasteiger partial charge in [-0.2, -0.15) is 0 Å². The van der Waals surface area contributed by atoms with Crippen LogP contribution in [0.4, 0.5) is 0 Å². The molecule has 2 heterocycles. The van der Waals surface area contributed by atoms with Gasteiger partial charge in [0.15, 0.2) is 6.29 Å². The van der Waals surface area contributed by atoms with Gasteiger partial charge in [0, 0.05) is 0 Å². The van der Waals surface area contributed by atoms with E-state index in [1.54, 1.807) is 0 Å². The van der Waals surface area contributed by atoms with Crippen LogP contribution in [-0.4, -0.2) is 30.2 Å². The van der Waals surface area contributed by atoms with Gasteiger partial charge in [-0.15, -0.1) is 0 Å². The first-order valence-corrected chi connectivity index (χ1v) is 5.80. The minimum absolute atomic E-state index is 0.295. The Morgan fingerprint density at radius 3 is 2.71 bits per heavy atom. The molecule has 1 N–H and O–H groups in total. The van der Waals surface area contributed by atoms with Crippen LogP contribution >= 0.6 is 0 Å². The summed E-state index contributed by atoms with van der Waals surface area (Å²) in [5.41, 5.74) is 0. The second-order valence-electron chi connectivity index (χ2n) is 5.35. The van der Waals surface area contributed by atoms with Gasteiger partial charge >= 0.3 is 0 Å². The van der Waals surface area contributed by atoms with E-state index in [4.69, 9.17) is 9.47 Å².